The van der Waals surface area contributed by atoms with Gasteiger partial charge < -0.3 is 18.8 Å². The molecular formula is C22H17N3O5. The first-order valence-corrected chi connectivity index (χ1v) is 8.98. The fourth-order valence-corrected chi connectivity index (χ4v) is 3.04. The minimum atomic E-state index is -1.01. The number of carboxylic acid groups (broad SMARTS) is 1. The molecule has 8 nitrogen and oxygen atoms in total. The summed E-state index contributed by atoms with van der Waals surface area (Å²) in [5, 5.41) is 13.9. The number of nitrogens with one attached hydrogen (secondary N) is 1. The smallest absolute Gasteiger partial charge is 0.335 e. The zero-order valence-corrected chi connectivity index (χ0v) is 15.9. The molecule has 0 unspecified atom stereocenters. The summed E-state index contributed by atoms with van der Waals surface area (Å²) in [5.41, 5.74) is 4.42. The Morgan fingerprint density at radius 3 is 2.77 bits per heavy atom. The van der Waals surface area contributed by atoms with E-state index in [1.54, 1.807) is 53.2 Å². The van der Waals surface area contributed by atoms with Crippen molar-refractivity contribution in [3.05, 3.63) is 83.9 Å². The maximum atomic E-state index is 12.4. The number of rotatable bonds is 6. The fraction of sp³-hybridized carbons (Fsp3) is 0.0455. The summed E-state index contributed by atoms with van der Waals surface area (Å²) in [6, 6.07) is 17.1. The summed E-state index contributed by atoms with van der Waals surface area (Å²) in [4.78, 5) is 23.6. The molecule has 150 valence electrons. The van der Waals surface area contributed by atoms with Crippen molar-refractivity contribution in [2.24, 2.45) is 5.10 Å². The van der Waals surface area contributed by atoms with Crippen molar-refractivity contribution < 1.29 is 23.8 Å². The van der Waals surface area contributed by atoms with E-state index >= 15 is 0 Å². The molecule has 0 atom stereocenters. The highest BCUT2D eigenvalue weighted by Gasteiger charge is 2.14. The van der Waals surface area contributed by atoms with Gasteiger partial charge in [-0.1, -0.05) is 18.2 Å². The standard InChI is InChI=1S/C22H17N3O5/c1-29-18-9-3-5-14-12-19(30-20(14)18)21(26)24-23-13-17-8-4-10-25(17)16-7-2-6-15(11-16)22(27)28/h2-13H,1H3,(H,24,26)(H,27,28)/b23-13-. The Labute approximate surface area is 171 Å². The normalized spacial score (nSPS) is 11.1. The number of fused-ring (bicyclic) bond motifs is 1. The molecule has 0 radical (unpaired) electrons. The minimum absolute atomic E-state index is 0.108. The monoisotopic (exact) mass is 403 g/mol. The third kappa shape index (κ3) is 3.66. The van der Waals surface area contributed by atoms with Gasteiger partial charge in [-0.3, -0.25) is 4.79 Å². The van der Waals surface area contributed by atoms with Gasteiger partial charge in [0.05, 0.1) is 24.6 Å². The van der Waals surface area contributed by atoms with Crippen molar-refractivity contribution in [1.29, 1.82) is 0 Å². The average Bonchev–Trinajstić information content (AvgIpc) is 3.40. The molecule has 0 saturated carbocycles. The largest absolute Gasteiger partial charge is 0.493 e. The van der Waals surface area contributed by atoms with Gasteiger partial charge in [0.25, 0.3) is 0 Å². The van der Waals surface area contributed by atoms with E-state index in [-0.39, 0.29) is 11.3 Å². The molecule has 4 rings (SSSR count). The van der Waals surface area contributed by atoms with E-state index in [0.29, 0.717) is 22.7 Å². The number of nitrogens with zero attached hydrogens (tertiary/aromatic N) is 2. The second-order valence-corrected chi connectivity index (χ2v) is 6.35. The lowest BCUT2D eigenvalue weighted by Gasteiger charge is -2.07. The number of amides is 1. The molecule has 4 aromatic rings. The van der Waals surface area contributed by atoms with E-state index < -0.39 is 11.9 Å². The summed E-state index contributed by atoms with van der Waals surface area (Å²) in [6.45, 7) is 0. The van der Waals surface area contributed by atoms with E-state index in [2.05, 4.69) is 10.5 Å². The zero-order valence-electron chi connectivity index (χ0n) is 15.9. The average molecular weight is 403 g/mol. The summed E-state index contributed by atoms with van der Waals surface area (Å²) in [5.74, 6) is -0.864. The van der Waals surface area contributed by atoms with Crippen LogP contribution in [0.15, 0.2) is 76.4 Å². The van der Waals surface area contributed by atoms with Crippen molar-refractivity contribution in [3.8, 4) is 11.4 Å². The topological polar surface area (TPSA) is 106 Å². The Bertz CT molecular complexity index is 1270. The lowest BCUT2D eigenvalue weighted by molar-refractivity contribution is 0.0696. The van der Waals surface area contributed by atoms with E-state index in [1.807, 2.05) is 12.1 Å². The first-order valence-electron chi connectivity index (χ1n) is 8.98. The predicted molar refractivity (Wildman–Crippen MR) is 111 cm³/mol. The number of aromatic nitrogens is 1. The van der Waals surface area contributed by atoms with Crippen LogP contribution in [0.2, 0.25) is 0 Å². The molecule has 0 spiro atoms. The van der Waals surface area contributed by atoms with Crippen LogP contribution in [-0.4, -0.2) is 34.9 Å². The van der Waals surface area contributed by atoms with Crippen molar-refractivity contribution in [1.82, 2.24) is 9.99 Å². The van der Waals surface area contributed by atoms with E-state index in [0.717, 1.165) is 5.39 Å². The molecule has 0 saturated heterocycles. The molecule has 2 aromatic heterocycles. The van der Waals surface area contributed by atoms with Gasteiger partial charge in [0.1, 0.15) is 0 Å². The highest BCUT2D eigenvalue weighted by molar-refractivity contribution is 5.97. The van der Waals surface area contributed by atoms with Gasteiger partial charge in [0.15, 0.2) is 17.1 Å². The van der Waals surface area contributed by atoms with Gasteiger partial charge in [0.2, 0.25) is 0 Å². The summed E-state index contributed by atoms with van der Waals surface area (Å²) < 4.78 is 12.6. The molecule has 0 aliphatic rings. The lowest BCUT2D eigenvalue weighted by atomic mass is 10.2. The number of hydrogen-bond acceptors (Lipinski definition) is 5. The number of benzene rings is 2. The Kier molecular flexibility index (Phi) is 5.04. The van der Waals surface area contributed by atoms with Crippen LogP contribution >= 0.6 is 0 Å². The number of para-hydroxylation sites is 1. The van der Waals surface area contributed by atoms with Gasteiger partial charge in [-0.2, -0.15) is 5.10 Å². The number of carbonyl (C=O) groups is 2. The number of carboxylic acids is 1. The van der Waals surface area contributed by atoms with Crippen LogP contribution in [0.5, 0.6) is 5.75 Å². The predicted octanol–water partition coefficient (Wildman–Crippen LogP) is 3.69. The number of hydrazone groups is 1. The molecule has 2 aromatic carbocycles. The minimum Gasteiger partial charge on any atom is -0.493 e. The van der Waals surface area contributed by atoms with Gasteiger partial charge in [0, 0.05) is 17.3 Å². The zero-order chi connectivity index (χ0) is 21.1. The SMILES string of the molecule is COc1cccc2cc(C(=O)N/N=C\c3cccn3-c3cccc(C(=O)O)c3)oc12. The molecule has 1 amide bonds. The lowest BCUT2D eigenvalue weighted by Crippen LogP contribution is -2.17. The molecule has 30 heavy (non-hydrogen) atoms. The number of aromatic carboxylic acids is 1. The quantitative estimate of drug-likeness (QED) is 0.377. The van der Waals surface area contributed by atoms with Crippen molar-refractivity contribution in [3.63, 3.8) is 0 Å². The Morgan fingerprint density at radius 2 is 1.97 bits per heavy atom. The van der Waals surface area contributed by atoms with Crippen LogP contribution in [-0.2, 0) is 0 Å². The van der Waals surface area contributed by atoms with Crippen LogP contribution in [0.4, 0.5) is 0 Å². The highest BCUT2D eigenvalue weighted by atomic mass is 16.5. The Hall–Kier alpha value is -4.33. The molecular weight excluding hydrogens is 386 g/mol. The molecule has 8 heteroatoms. The third-order valence-corrected chi connectivity index (χ3v) is 4.47. The second kappa shape index (κ2) is 7.96. The Morgan fingerprint density at radius 1 is 1.13 bits per heavy atom. The molecule has 2 heterocycles. The third-order valence-electron chi connectivity index (χ3n) is 4.47. The number of methoxy groups -OCH3 is 1. The maximum Gasteiger partial charge on any atom is 0.335 e. The van der Waals surface area contributed by atoms with Crippen LogP contribution in [0.3, 0.4) is 0 Å². The number of furan rings is 1. The molecule has 0 aliphatic carbocycles. The van der Waals surface area contributed by atoms with Crippen molar-refractivity contribution in [2.75, 3.05) is 7.11 Å². The summed E-state index contributed by atoms with van der Waals surface area (Å²) >= 11 is 0. The fourth-order valence-electron chi connectivity index (χ4n) is 3.04. The first kappa shape index (κ1) is 19.0. The maximum absolute atomic E-state index is 12.4. The first-order chi connectivity index (χ1) is 14.6. The van der Waals surface area contributed by atoms with E-state index in [4.69, 9.17) is 9.15 Å². The molecule has 2 N–H and O–H groups in total. The van der Waals surface area contributed by atoms with Gasteiger partial charge in [-0.15, -0.1) is 0 Å². The number of hydrogen-bond donors (Lipinski definition) is 2. The molecule has 0 fully saturated rings. The molecule has 0 bridgehead atoms. The van der Waals surface area contributed by atoms with Crippen LogP contribution in [0.25, 0.3) is 16.7 Å². The summed E-state index contributed by atoms with van der Waals surface area (Å²) in [7, 11) is 1.53. The van der Waals surface area contributed by atoms with Crippen LogP contribution < -0.4 is 10.2 Å². The van der Waals surface area contributed by atoms with Gasteiger partial charge in [-0.05, 0) is 42.5 Å². The number of ether oxygens (including phenoxy) is 1. The van der Waals surface area contributed by atoms with Gasteiger partial charge in [-0.25, -0.2) is 10.2 Å². The van der Waals surface area contributed by atoms with Crippen molar-refractivity contribution in [2.45, 2.75) is 0 Å². The highest BCUT2D eigenvalue weighted by Crippen LogP contribution is 2.28. The van der Waals surface area contributed by atoms with Crippen LogP contribution in [0.1, 0.15) is 26.6 Å². The summed E-state index contributed by atoms with van der Waals surface area (Å²) in [6.07, 6.45) is 3.24. The molecule has 0 aliphatic heterocycles. The Balaban J connectivity index is 1.52. The van der Waals surface area contributed by atoms with E-state index in [9.17, 15) is 14.7 Å². The van der Waals surface area contributed by atoms with Crippen LogP contribution in [0, 0.1) is 0 Å². The number of carbonyl (C=O) groups excluding carboxylic acids is 1. The van der Waals surface area contributed by atoms with Crippen molar-refractivity contribution >= 4 is 29.1 Å². The second-order valence-electron chi connectivity index (χ2n) is 6.35. The van der Waals surface area contributed by atoms with E-state index in [1.165, 1.54) is 19.4 Å². The van der Waals surface area contributed by atoms with Gasteiger partial charge >= 0.3 is 11.9 Å².